The van der Waals surface area contributed by atoms with Crippen LogP contribution in [0.4, 0.5) is 11.9 Å². The van der Waals surface area contributed by atoms with Crippen molar-refractivity contribution in [1.82, 2.24) is 14.8 Å². The molecule has 6 nitrogen and oxygen atoms in total. The maximum Gasteiger partial charge on any atom is 0.250 e. The van der Waals surface area contributed by atoms with Gasteiger partial charge < -0.3 is 5.32 Å². The van der Waals surface area contributed by atoms with E-state index in [2.05, 4.69) is 39.8 Å². The number of hydrogen-bond donors (Lipinski definition) is 2. The molecule has 1 aliphatic rings. The molecule has 0 aliphatic carbocycles. The van der Waals surface area contributed by atoms with E-state index in [1.807, 2.05) is 29.8 Å². The Morgan fingerprint density at radius 1 is 1.41 bits per heavy atom. The van der Waals surface area contributed by atoms with Crippen molar-refractivity contribution in [3.8, 4) is 0 Å². The lowest BCUT2D eigenvalue weighted by atomic mass is 9.99. The lowest BCUT2D eigenvalue weighted by Crippen LogP contribution is -2.31. The highest BCUT2D eigenvalue weighted by molar-refractivity contribution is 5.88. The molecule has 0 spiro atoms. The van der Waals surface area contributed by atoms with Crippen molar-refractivity contribution in [2.75, 3.05) is 10.6 Å². The van der Waals surface area contributed by atoms with Crippen LogP contribution < -0.4 is 10.6 Å². The average molecular weight is 299 g/mol. The molecule has 0 radical (unpaired) electrons. The first-order chi connectivity index (χ1) is 10.7. The number of carbonyl (C=O) groups excluding carboxylic acids is 1. The van der Waals surface area contributed by atoms with Crippen LogP contribution in [0.5, 0.6) is 0 Å². The Bertz CT molecular complexity index is 652. The minimum atomic E-state index is -0.0465. The maximum atomic E-state index is 11.7. The van der Waals surface area contributed by atoms with Gasteiger partial charge in [0.1, 0.15) is 0 Å². The first-order valence-corrected chi connectivity index (χ1v) is 7.75. The minimum absolute atomic E-state index is 0.0465. The Labute approximate surface area is 129 Å². The van der Waals surface area contributed by atoms with Crippen molar-refractivity contribution in [3.05, 3.63) is 35.9 Å². The van der Waals surface area contributed by atoms with E-state index in [0.29, 0.717) is 24.4 Å². The molecular weight excluding hydrogens is 278 g/mol. The van der Waals surface area contributed by atoms with Crippen LogP contribution in [0.2, 0.25) is 0 Å². The molecule has 2 heterocycles. The highest BCUT2D eigenvalue weighted by atomic mass is 16.1. The molecule has 1 amide bonds. The Morgan fingerprint density at radius 3 is 2.91 bits per heavy atom. The highest BCUT2D eigenvalue weighted by Gasteiger charge is 2.28. The van der Waals surface area contributed by atoms with Crippen LogP contribution in [-0.4, -0.2) is 26.7 Å². The van der Waals surface area contributed by atoms with E-state index < -0.39 is 0 Å². The molecule has 3 rings (SSSR count). The molecule has 22 heavy (non-hydrogen) atoms. The van der Waals surface area contributed by atoms with Gasteiger partial charge in [-0.05, 0) is 25.3 Å². The van der Waals surface area contributed by atoms with Crippen molar-refractivity contribution in [3.63, 3.8) is 0 Å². The molecule has 1 aliphatic heterocycles. The summed E-state index contributed by atoms with van der Waals surface area (Å²) in [5, 5.41) is 10.6. The fraction of sp³-hybridized carbons (Fsp3) is 0.438. The lowest BCUT2D eigenvalue weighted by Gasteiger charge is -2.29. The molecule has 2 N–H and O–H groups in total. The summed E-state index contributed by atoms with van der Waals surface area (Å²) in [4.78, 5) is 16.1. The molecular formula is C16H21N5O. The maximum absolute atomic E-state index is 11.7. The SMILES string of the molecule is CCCC(=O)Nc1nc2n(n1)C(c1ccccc1)CC(C)N2. The third kappa shape index (κ3) is 2.95. The summed E-state index contributed by atoms with van der Waals surface area (Å²) in [7, 11) is 0. The van der Waals surface area contributed by atoms with Crippen LogP contribution in [0.3, 0.4) is 0 Å². The third-order valence-corrected chi connectivity index (χ3v) is 3.79. The third-order valence-electron chi connectivity index (χ3n) is 3.79. The van der Waals surface area contributed by atoms with Crippen molar-refractivity contribution in [2.24, 2.45) is 0 Å². The highest BCUT2D eigenvalue weighted by Crippen LogP contribution is 2.31. The van der Waals surface area contributed by atoms with Crippen LogP contribution in [0.15, 0.2) is 30.3 Å². The fourth-order valence-corrected chi connectivity index (χ4v) is 2.77. The number of rotatable bonds is 4. The monoisotopic (exact) mass is 299 g/mol. The van der Waals surface area contributed by atoms with E-state index in [9.17, 15) is 4.79 Å². The molecule has 116 valence electrons. The van der Waals surface area contributed by atoms with E-state index in [1.54, 1.807) is 0 Å². The molecule has 0 saturated heterocycles. The Balaban J connectivity index is 1.89. The van der Waals surface area contributed by atoms with Crippen LogP contribution >= 0.6 is 0 Å². The number of hydrogen-bond acceptors (Lipinski definition) is 4. The van der Waals surface area contributed by atoms with Gasteiger partial charge in [0.25, 0.3) is 5.95 Å². The van der Waals surface area contributed by atoms with Gasteiger partial charge in [-0.15, -0.1) is 5.10 Å². The summed E-state index contributed by atoms with van der Waals surface area (Å²) < 4.78 is 1.87. The molecule has 0 bridgehead atoms. The number of fused-ring (bicyclic) bond motifs is 1. The molecule has 0 saturated carbocycles. The van der Waals surface area contributed by atoms with Gasteiger partial charge in [-0.3, -0.25) is 10.1 Å². The summed E-state index contributed by atoms with van der Waals surface area (Å²) >= 11 is 0. The molecule has 2 unspecified atom stereocenters. The van der Waals surface area contributed by atoms with Gasteiger partial charge in [0.2, 0.25) is 11.9 Å². The van der Waals surface area contributed by atoms with E-state index in [0.717, 1.165) is 12.8 Å². The standard InChI is InChI=1S/C16H21N5O/c1-3-7-14(22)18-15-19-16-17-11(2)10-13(21(16)20-15)12-8-5-4-6-9-12/h4-6,8-9,11,13H,3,7,10H2,1-2H3,(H2,17,18,19,20,22). The zero-order valence-corrected chi connectivity index (χ0v) is 12.9. The zero-order chi connectivity index (χ0) is 15.5. The van der Waals surface area contributed by atoms with E-state index >= 15 is 0 Å². The number of benzene rings is 1. The van der Waals surface area contributed by atoms with E-state index in [4.69, 9.17) is 0 Å². The second kappa shape index (κ2) is 6.17. The quantitative estimate of drug-likeness (QED) is 0.910. The van der Waals surface area contributed by atoms with Gasteiger partial charge in [0, 0.05) is 12.5 Å². The van der Waals surface area contributed by atoms with Crippen LogP contribution in [0, 0.1) is 0 Å². The smallest absolute Gasteiger partial charge is 0.250 e. The van der Waals surface area contributed by atoms with Gasteiger partial charge in [0.15, 0.2) is 0 Å². The summed E-state index contributed by atoms with van der Waals surface area (Å²) in [6, 6.07) is 10.7. The molecule has 1 aromatic heterocycles. The van der Waals surface area contributed by atoms with E-state index in [-0.39, 0.29) is 11.9 Å². The predicted molar refractivity (Wildman–Crippen MR) is 85.8 cm³/mol. The van der Waals surface area contributed by atoms with Gasteiger partial charge in [-0.1, -0.05) is 37.3 Å². The topological polar surface area (TPSA) is 71.8 Å². The summed E-state index contributed by atoms with van der Waals surface area (Å²) in [5.41, 5.74) is 1.20. The van der Waals surface area contributed by atoms with Crippen LogP contribution in [0.1, 0.15) is 44.7 Å². The second-order valence-electron chi connectivity index (χ2n) is 5.71. The van der Waals surface area contributed by atoms with Crippen molar-refractivity contribution in [2.45, 2.75) is 45.2 Å². The van der Waals surface area contributed by atoms with Crippen molar-refractivity contribution >= 4 is 17.8 Å². The van der Waals surface area contributed by atoms with Gasteiger partial charge in [0.05, 0.1) is 6.04 Å². The summed E-state index contributed by atoms with van der Waals surface area (Å²) in [6.45, 7) is 4.10. The molecule has 2 atom stereocenters. The Kier molecular flexibility index (Phi) is 4.09. The molecule has 2 aromatic rings. The molecule has 1 aromatic carbocycles. The normalized spacial score (nSPS) is 20.1. The van der Waals surface area contributed by atoms with Gasteiger partial charge in [-0.2, -0.15) is 4.98 Å². The zero-order valence-electron chi connectivity index (χ0n) is 12.9. The summed E-state index contributed by atoms with van der Waals surface area (Å²) in [5.74, 6) is 1.03. The first kappa shape index (κ1) is 14.6. The number of aromatic nitrogens is 3. The first-order valence-electron chi connectivity index (χ1n) is 7.75. The number of carbonyl (C=O) groups is 1. The molecule has 6 heteroatoms. The summed E-state index contributed by atoms with van der Waals surface area (Å²) in [6.07, 6.45) is 2.22. The van der Waals surface area contributed by atoms with Gasteiger partial charge >= 0.3 is 0 Å². The van der Waals surface area contributed by atoms with Crippen LogP contribution in [-0.2, 0) is 4.79 Å². The Morgan fingerprint density at radius 2 is 2.18 bits per heavy atom. The minimum Gasteiger partial charge on any atom is -0.352 e. The lowest BCUT2D eigenvalue weighted by molar-refractivity contribution is -0.116. The van der Waals surface area contributed by atoms with Gasteiger partial charge in [-0.25, -0.2) is 4.68 Å². The molecule has 0 fully saturated rings. The number of anilines is 2. The Hall–Kier alpha value is -2.37. The predicted octanol–water partition coefficient (Wildman–Crippen LogP) is 2.81. The van der Waals surface area contributed by atoms with Crippen molar-refractivity contribution < 1.29 is 4.79 Å². The van der Waals surface area contributed by atoms with E-state index in [1.165, 1.54) is 5.56 Å². The average Bonchev–Trinajstić information content (AvgIpc) is 2.89. The fourth-order valence-electron chi connectivity index (χ4n) is 2.77. The van der Waals surface area contributed by atoms with Crippen LogP contribution in [0.25, 0.3) is 0 Å². The second-order valence-corrected chi connectivity index (χ2v) is 5.71. The number of nitrogens with zero attached hydrogens (tertiary/aromatic N) is 3. The largest absolute Gasteiger partial charge is 0.352 e. The number of amides is 1. The number of nitrogens with one attached hydrogen (secondary N) is 2. The van der Waals surface area contributed by atoms with Crippen molar-refractivity contribution in [1.29, 1.82) is 0 Å².